The van der Waals surface area contributed by atoms with Crippen LogP contribution in [0.2, 0.25) is 17.3 Å². The summed E-state index contributed by atoms with van der Waals surface area (Å²) in [6, 6.07) is 5.34. The van der Waals surface area contributed by atoms with E-state index in [-0.39, 0.29) is 0 Å². The molecule has 174 valence electrons. The van der Waals surface area contributed by atoms with Gasteiger partial charge in [-0.05, 0) is 0 Å². The molecule has 0 unspecified atom stereocenters. The third kappa shape index (κ3) is 13.8. The zero-order valence-electron chi connectivity index (χ0n) is 21.6. The zero-order valence-corrected chi connectivity index (χ0v) is 28.5. The number of hydrogen-bond acceptors (Lipinski definition) is 0. The molecule has 0 fully saturated rings. The summed E-state index contributed by atoms with van der Waals surface area (Å²) < 4.78 is 1.85. The van der Waals surface area contributed by atoms with Crippen LogP contribution in [0.5, 0.6) is 0 Å². The molecule has 0 saturated heterocycles. The molecule has 0 nitrogen and oxygen atoms in total. The summed E-state index contributed by atoms with van der Waals surface area (Å²) in [6.07, 6.45) is 0. The van der Waals surface area contributed by atoms with Crippen LogP contribution in [-0.2, 0) is 21.3 Å². The molecule has 0 heterocycles. The summed E-state index contributed by atoms with van der Waals surface area (Å²) in [4.78, 5) is 0. The molecule has 0 bridgehead atoms. The van der Waals surface area contributed by atoms with E-state index in [0.29, 0.717) is 77.1 Å². The molecular formula is C26H46Se4. The number of hydrogen-bond donors (Lipinski definition) is 0. The van der Waals surface area contributed by atoms with E-state index in [2.05, 4.69) is 95.2 Å². The molecule has 4 heteroatoms. The topological polar surface area (TPSA) is 0 Å². The average Bonchev–Trinajstić information content (AvgIpc) is 2.52. The van der Waals surface area contributed by atoms with E-state index in [4.69, 9.17) is 0 Å². The normalized spacial score (nSPS) is 13.7. The van der Waals surface area contributed by atoms with E-state index in [0.717, 1.165) is 0 Å². The molecular weight excluding hydrogens is 628 g/mol. The summed E-state index contributed by atoms with van der Waals surface area (Å²) in [5.41, 5.74) is 6.73. The Morgan fingerprint density at radius 3 is 0.700 bits per heavy atom. The molecule has 1 aromatic rings. The Kier molecular flexibility index (Phi) is 11.4. The molecule has 0 aliphatic carbocycles. The molecule has 0 saturated carbocycles. The van der Waals surface area contributed by atoms with Crippen molar-refractivity contribution in [2.75, 3.05) is 0 Å². The molecule has 0 aliphatic heterocycles. The van der Waals surface area contributed by atoms with Gasteiger partial charge in [0.25, 0.3) is 0 Å². The van der Waals surface area contributed by atoms with Gasteiger partial charge in [0.2, 0.25) is 0 Å². The van der Waals surface area contributed by atoms with Crippen molar-refractivity contribution in [1.82, 2.24) is 0 Å². The first-order valence-corrected chi connectivity index (χ1v) is 19.3. The molecule has 0 aliphatic rings. The van der Waals surface area contributed by atoms with Crippen LogP contribution in [0.25, 0.3) is 0 Å². The van der Waals surface area contributed by atoms with Gasteiger partial charge < -0.3 is 0 Å². The first-order chi connectivity index (χ1) is 13.3. The van der Waals surface area contributed by atoms with Crippen LogP contribution in [0.1, 0.15) is 105 Å². The second-order valence-corrected chi connectivity index (χ2v) is 27.1. The fourth-order valence-corrected chi connectivity index (χ4v) is 9.70. The van der Waals surface area contributed by atoms with Crippen LogP contribution in [0, 0.1) is 0 Å². The van der Waals surface area contributed by atoms with Crippen molar-refractivity contribution >= 4 is 59.8 Å². The fraction of sp³-hybridized carbons (Fsp3) is 0.769. The molecule has 0 aromatic heterocycles. The van der Waals surface area contributed by atoms with E-state index < -0.39 is 0 Å². The second kappa shape index (κ2) is 11.6. The summed E-state index contributed by atoms with van der Waals surface area (Å²) in [5, 5.41) is 5.19. The first-order valence-electron chi connectivity index (χ1n) is 11.0. The first kappa shape index (κ1) is 29.3. The molecule has 0 radical (unpaired) electrons. The van der Waals surface area contributed by atoms with Crippen LogP contribution in [0.4, 0.5) is 0 Å². The third-order valence-corrected chi connectivity index (χ3v) is 15.3. The van der Waals surface area contributed by atoms with Gasteiger partial charge in [-0.3, -0.25) is 0 Å². The van der Waals surface area contributed by atoms with Gasteiger partial charge in [0.05, 0.1) is 0 Å². The Hall–Kier alpha value is 1.30. The van der Waals surface area contributed by atoms with Crippen LogP contribution in [-0.4, -0.2) is 59.8 Å². The molecule has 1 rings (SSSR count). The Labute approximate surface area is 214 Å². The predicted molar refractivity (Wildman–Crippen MR) is 143 cm³/mol. The maximum atomic E-state index is 2.67. The van der Waals surface area contributed by atoms with Crippen molar-refractivity contribution in [3.8, 4) is 0 Å². The monoisotopic (exact) mass is 678 g/mol. The van der Waals surface area contributed by atoms with Crippen LogP contribution < -0.4 is 0 Å². The van der Waals surface area contributed by atoms with Gasteiger partial charge in [0, 0.05) is 0 Å². The predicted octanol–water partition coefficient (Wildman–Crippen LogP) is 7.38. The van der Waals surface area contributed by atoms with Gasteiger partial charge in [-0.25, -0.2) is 0 Å². The van der Waals surface area contributed by atoms with E-state index in [1.165, 1.54) is 21.3 Å². The molecule has 0 atom stereocenters. The molecule has 0 N–H and O–H groups in total. The zero-order chi connectivity index (χ0) is 23.4. The van der Waals surface area contributed by atoms with Crippen molar-refractivity contribution in [3.05, 3.63) is 34.4 Å². The van der Waals surface area contributed by atoms with Gasteiger partial charge in [-0.1, -0.05) is 0 Å². The fourth-order valence-electron chi connectivity index (χ4n) is 2.51. The third-order valence-electron chi connectivity index (χ3n) is 4.16. The SMILES string of the molecule is CC(C)(C)[Se]Cc1cc(C[Se]C(C)(C)C)c(C[Se]C(C)(C)C)cc1C[Se]C(C)(C)C. The van der Waals surface area contributed by atoms with Crippen LogP contribution in [0.3, 0.4) is 0 Å². The van der Waals surface area contributed by atoms with Crippen LogP contribution >= 0.6 is 0 Å². The van der Waals surface area contributed by atoms with E-state index in [9.17, 15) is 0 Å². The summed E-state index contributed by atoms with van der Waals surface area (Å²) in [6.45, 7) is 28.9. The standard InChI is InChI=1S/C26H46Se4/c1-23(2,3)27-15-19-13-21(17-29-25(7,8)9)22(18-30-26(10,11)12)14-20(19)16-28-24(4,5)6/h13-14H,15-18H2,1-12H3. The Bertz CT molecular complexity index is 550. The Balaban J connectivity index is 3.31. The Morgan fingerprint density at radius 1 is 0.400 bits per heavy atom. The summed E-state index contributed by atoms with van der Waals surface area (Å²) >= 11 is 2.61. The maximum absolute atomic E-state index is 2.67. The van der Waals surface area contributed by atoms with E-state index in [1.807, 2.05) is 0 Å². The van der Waals surface area contributed by atoms with Crippen molar-refractivity contribution in [3.63, 3.8) is 0 Å². The van der Waals surface area contributed by atoms with Gasteiger partial charge in [0.15, 0.2) is 0 Å². The van der Waals surface area contributed by atoms with Crippen molar-refractivity contribution in [2.24, 2.45) is 0 Å². The number of benzene rings is 1. The van der Waals surface area contributed by atoms with Gasteiger partial charge in [-0.15, -0.1) is 0 Å². The van der Waals surface area contributed by atoms with Gasteiger partial charge in [-0.2, -0.15) is 0 Å². The minimum atomic E-state index is 0.461. The van der Waals surface area contributed by atoms with E-state index in [1.54, 1.807) is 22.3 Å². The molecule has 0 amide bonds. The Morgan fingerprint density at radius 2 is 0.567 bits per heavy atom. The second-order valence-electron chi connectivity index (χ2n) is 12.0. The van der Waals surface area contributed by atoms with E-state index >= 15 is 0 Å². The summed E-state index contributed by atoms with van der Waals surface area (Å²) in [5.74, 6) is 0. The molecule has 30 heavy (non-hydrogen) atoms. The van der Waals surface area contributed by atoms with Crippen molar-refractivity contribution < 1.29 is 0 Å². The van der Waals surface area contributed by atoms with Crippen LogP contribution in [0.15, 0.2) is 12.1 Å². The van der Waals surface area contributed by atoms with Gasteiger partial charge >= 0.3 is 216 Å². The minimum absolute atomic E-state index is 0.461. The molecule has 1 aromatic carbocycles. The van der Waals surface area contributed by atoms with Crippen molar-refractivity contribution in [1.29, 1.82) is 0 Å². The van der Waals surface area contributed by atoms with Gasteiger partial charge in [0.1, 0.15) is 0 Å². The quantitative estimate of drug-likeness (QED) is 0.253. The molecule has 0 spiro atoms. The average molecular weight is 674 g/mol. The van der Waals surface area contributed by atoms with Crippen molar-refractivity contribution in [2.45, 2.75) is 122 Å². The number of rotatable bonds is 8. The summed E-state index contributed by atoms with van der Waals surface area (Å²) in [7, 11) is 0.